The van der Waals surface area contributed by atoms with Gasteiger partial charge in [0.1, 0.15) is 4.99 Å². The van der Waals surface area contributed by atoms with Crippen LogP contribution in [0.1, 0.15) is 36.8 Å². The third kappa shape index (κ3) is 3.22. The van der Waals surface area contributed by atoms with E-state index in [2.05, 4.69) is 34.9 Å². The summed E-state index contributed by atoms with van der Waals surface area (Å²) in [6.07, 6.45) is 5.61. The zero-order chi connectivity index (χ0) is 14.8. The summed E-state index contributed by atoms with van der Waals surface area (Å²) < 4.78 is 0. The van der Waals surface area contributed by atoms with Crippen LogP contribution in [0.3, 0.4) is 0 Å². The van der Waals surface area contributed by atoms with Gasteiger partial charge in [0.25, 0.3) is 0 Å². The summed E-state index contributed by atoms with van der Waals surface area (Å²) in [5.74, 6) is 0. The predicted octanol–water partition coefficient (Wildman–Crippen LogP) is 2.69. The molecule has 0 aromatic heterocycles. The first-order valence-electron chi connectivity index (χ1n) is 8.04. The lowest BCUT2D eigenvalue weighted by Gasteiger charge is -2.39. The lowest BCUT2D eigenvalue weighted by atomic mass is 10.1. The molecule has 0 amide bonds. The number of aryl methyl sites for hydroxylation is 1. The summed E-state index contributed by atoms with van der Waals surface area (Å²) in [4.78, 5) is 5.63. The van der Waals surface area contributed by atoms with E-state index in [1.165, 1.54) is 36.9 Å². The van der Waals surface area contributed by atoms with Gasteiger partial charge < -0.3 is 10.6 Å². The Bertz CT molecular complexity index is 515. The van der Waals surface area contributed by atoms with Crippen LogP contribution in [0.2, 0.25) is 0 Å². The second-order valence-electron chi connectivity index (χ2n) is 6.35. The molecule has 114 valence electrons. The number of anilines is 1. The first-order chi connectivity index (χ1) is 10.1. The zero-order valence-electron chi connectivity index (χ0n) is 12.8. The number of hydrogen-bond donors (Lipinski definition) is 1. The van der Waals surface area contributed by atoms with E-state index >= 15 is 0 Å². The molecule has 1 aliphatic carbocycles. The fraction of sp³-hybridized carbons (Fsp3) is 0.588. The highest BCUT2D eigenvalue weighted by Gasteiger charge is 2.27. The van der Waals surface area contributed by atoms with E-state index in [4.69, 9.17) is 18.0 Å². The topological polar surface area (TPSA) is 32.5 Å². The Morgan fingerprint density at radius 1 is 1.14 bits per heavy atom. The molecule has 1 saturated heterocycles. The van der Waals surface area contributed by atoms with Gasteiger partial charge in [-0.25, -0.2) is 0 Å². The molecule has 21 heavy (non-hydrogen) atoms. The van der Waals surface area contributed by atoms with Crippen molar-refractivity contribution in [2.24, 2.45) is 5.73 Å². The van der Waals surface area contributed by atoms with Crippen LogP contribution in [-0.2, 0) is 0 Å². The Hall–Kier alpha value is -1.13. The first-order valence-corrected chi connectivity index (χ1v) is 8.45. The maximum atomic E-state index is 5.89. The van der Waals surface area contributed by atoms with Gasteiger partial charge in [-0.05, 0) is 37.5 Å². The van der Waals surface area contributed by atoms with Crippen molar-refractivity contribution in [1.29, 1.82) is 0 Å². The Balaban J connectivity index is 1.71. The van der Waals surface area contributed by atoms with E-state index in [-0.39, 0.29) is 0 Å². The van der Waals surface area contributed by atoms with Crippen LogP contribution in [0.15, 0.2) is 18.2 Å². The number of piperazine rings is 1. The van der Waals surface area contributed by atoms with Gasteiger partial charge in [0, 0.05) is 43.5 Å². The third-order valence-electron chi connectivity index (χ3n) is 4.91. The Kier molecular flexibility index (Phi) is 4.45. The standard InChI is InChI=1S/C17H25N3S/c1-13-6-7-15(17(18)21)16(12-13)20-10-8-19(9-11-20)14-4-2-3-5-14/h6-7,12,14H,2-5,8-11H2,1H3,(H2,18,21). The molecule has 1 heterocycles. The number of benzene rings is 1. The van der Waals surface area contributed by atoms with Crippen molar-refractivity contribution >= 4 is 22.9 Å². The van der Waals surface area contributed by atoms with Crippen molar-refractivity contribution in [3.63, 3.8) is 0 Å². The first kappa shape index (κ1) is 14.8. The summed E-state index contributed by atoms with van der Waals surface area (Å²) in [5, 5.41) is 0. The Morgan fingerprint density at radius 3 is 2.43 bits per heavy atom. The van der Waals surface area contributed by atoms with Crippen molar-refractivity contribution < 1.29 is 0 Å². The second-order valence-corrected chi connectivity index (χ2v) is 6.79. The average molecular weight is 303 g/mol. The molecule has 1 aromatic rings. The molecule has 2 fully saturated rings. The molecule has 1 aromatic carbocycles. The summed E-state index contributed by atoms with van der Waals surface area (Å²) in [6, 6.07) is 7.21. The summed E-state index contributed by atoms with van der Waals surface area (Å²) in [7, 11) is 0. The fourth-order valence-corrected chi connectivity index (χ4v) is 3.88. The second kappa shape index (κ2) is 6.32. The van der Waals surface area contributed by atoms with Gasteiger partial charge in [-0.1, -0.05) is 31.1 Å². The van der Waals surface area contributed by atoms with Crippen LogP contribution in [0.5, 0.6) is 0 Å². The smallest absolute Gasteiger partial charge is 0.106 e. The molecule has 3 nitrogen and oxygen atoms in total. The minimum atomic E-state index is 0.503. The molecule has 0 unspecified atom stereocenters. The van der Waals surface area contributed by atoms with Crippen molar-refractivity contribution in [3.05, 3.63) is 29.3 Å². The van der Waals surface area contributed by atoms with Crippen molar-refractivity contribution in [2.75, 3.05) is 31.1 Å². The van der Waals surface area contributed by atoms with Crippen LogP contribution in [0.4, 0.5) is 5.69 Å². The van der Waals surface area contributed by atoms with Crippen molar-refractivity contribution in [3.8, 4) is 0 Å². The maximum Gasteiger partial charge on any atom is 0.106 e. The van der Waals surface area contributed by atoms with E-state index in [1.54, 1.807) is 0 Å². The summed E-state index contributed by atoms with van der Waals surface area (Å²) in [6.45, 7) is 6.61. The van der Waals surface area contributed by atoms with E-state index in [0.29, 0.717) is 4.99 Å². The number of rotatable bonds is 3. The van der Waals surface area contributed by atoms with Gasteiger partial charge >= 0.3 is 0 Å². The Morgan fingerprint density at radius 2 is 1.81 bits per heavy atom. The predicted molar refractivity (Wildman–Crippen MR) is 93.1 cm³/mol. The quantitative estimate of drug-likeness (QED) is 0.870. The lowest BCUT2D eigenvalue weighted by molar-refractivity contribution is 0.187. The van der Waals surface area contributed by atoms with Gasteiger partial charge in [0.2, 0.25) is 0 Å². The molecule has 0 radical (unpaired) electrons. The van der Waals surface area contributed by atoms with Crippen molar-refractivity contribution in [2.45, 2.75) is 38.6 Å². The van der Waals surface area contributed by atoms with E-state index < -0.39 is 0 Å². The van der Waals surface area contributed by atoms with Crippen LogP contribution in [0.25, 0.3) is 0 Å². The molecule has 0 bridgehead atoms. The molecule has 2 N–H and O–H groups in total. The zero-order valence-corrected chi connectivity index (χ0v) is 13.7. The van der Waals surface area contributed by atoms with Crippen molar-refractivity contribution in [1.82, 2.24) is 4.90 Å². The average Bonchev–Trinajstić information content (AvgIpc) is 3.01. The van der Waals surface area contributed by atoms with Crippen LogP contribution in [0, 0.1) is 6.92 Å². The number of hydrogen-bond acceptors (Lipinski definition) is 3. The normalized spacial score (nSPS) is 20.9. The number of nitrogens with two attached hydrogens (primary N) is 1. The van der Waals surface area contributed by atoms with E-state index in [0.717, 1.165) is 37.8 Å². The van der Waals surface area contributed by atoms with Crippen LogP contribution in [-0.4, -0.2) is 42.1 Å². The van der Waals surface area contributed by atoms with E-state index in [1.807, 2.05) is 0 Å². The summed E-state index contributed by atoms with van der Waals surface area (Å²) in [5.41, 5.74) is 9.39. The minimum Gasteiger partial charge on any atom is -0.389 e. The van der Waals surface area contributed by atoms with Gasteiger partial charge in [-0.15, -0.1) is 0 Å². The van der Waals surface area contributed by atoms with E-state index in [9.17, 15) is 0 Å². The molecule has 1 saturated carbocycles. The molecule has 1 aliphatic heterocycles. The molecule has 2 aliphatic rings. The van der Waals surface area contributed by atoms with Crippen LogP contribution >= 0.6 is 12.2 Å². The largest absolute Gasteiger partial charge is 0.389 e. The SMILES string of the molecule is Cc1ccc(C(N)=S)c(N2CCN(C3CCCC3)CC2)c1. The molecular weight excluding hydrogens is 278 g/mol. The van der Waals surface area contributed by atoms with Gasteiger partial charge in [-0.3, -0.25) is 4.90 Å². The van der Waals surface area contributed by atoms with Gasteiger partial charge in [0.05, 0.1) is 0 Å². The number of nitrogens with zero attached hydrogens (tertiary/aromatic N) is 2. The Labute approximate surface area is 133 Å². The third-order valence-corrected chi connectivity index (χ3v) is 5.13. The minimum absolute atomic E-state index is 0.503. The summed E-state index contributed by atoms with van der Waals surface area (Å²) >= 11 is 5.21. The highest BCUT2D eigenvalue weighted by atomic mass is 32.1. The number of thiocarbonyl (C=S) groups is 1. The lowest BCUT2D eigenvalue weighted by Crippen LogP contribution is -2.50. The highest BCUT2D eigenvalue weighted by Crippen LogP contribution is 2.27. The van der Waals surface area contributed by atoms with Gasteiger partial charge in [-0.2, -0.15) is 0 Å². The molecular formula is C17H25N3S. The maximum absolute atomic E-state index is 5.89. The highest BCUT2D eigenvalue weighted by molar-refractivity contribution is 7.80. The molecule has 0 atom stereocenters. The molecule has 3 rings (SSSR count). The van der Waals surface area contributed by atoms with Crippen LogP contribution < -0.4 is 10.6 Å². The molecule has 4 heteroatoms. The van der Waals surface area contributed by atoms with Gasteiger partial charge in [0.15, 0.2) is 0 Å². The monoisotopic (exact) mass is 303 g/mol. The fourth-order valence-electron chi connectivity index (χ4n) is 3.71. The molecule has 0 spiro atoms.